The Kier molecular flexibility index (Phi) is 7.30. The Balaban J connectivity index is 1.76. The monoisotopic (exact) mass is 449 g/mol. The number of benzene rings is 3. The molecule has 0 saturated heterocycles. The number of phenols is 1. The first-order valence-corrected chi connectivity index (χ1v) is 9.96. The second kappa shape index (κ2) is 10.3. The first kappa shape index (κ1) is 23.3. The fraction of sp³-hybridized carbons (Fsp3) is 0.160. The highest BCUT2D eigenvalue weighted by atomic mass is 16.6. The van der Waals surface area contributed by atoms with Crippen LogP contribution in [0, 0.1) is 17.0 Å². The maximum Gasteiger partial charge on any atom is 0.272 e. The molecule has 0 aliphatic carbocycles. The number of hydrogen-bond donors (Lipinski definition) is 1. The summed E-state index contributed by atoms with van der Waals surface area (Å²) in [5.41, 5.74) is 2.42. The van der Waals surface area contributed by atoms with Crippen LogP contribution < -0.4 is 14.2 Å². The summed E-state index contributed by atoms with van der Waals surface area (Å²) >= 11 is 0. The molecule has 8 nitrogen and oxygen atoms in total. The van der Waals surface area contributed by atoms with Gasteiger partial charge in [0.1, 0.15) is 18.1 Å². The van der Waals surface area contributed by atoms with Gasteiger partial charge in [0.15, 0.2) is 17.3 Å². The highest BCUT2D eigenvalue weighted by Gasteiger charge is 2.12. The first-order valence-electron chi connectivity index (χ1n) is 9.96. The molecular weight excluding hydrogens is 426 g/mol. The van der Waals surface area contributed by atoms with E-state index in [0.717, 1.165) is 11.1 Å². The van der Waals surface area contributed by atoms with E-state index in [1.807, 2.05) is 6.07 Å². The van der Waals surface area contributed by atoms with Crippen LogP contribution in [0.1, 0.15) is 27.0 Å². The molecule has 0 heterocycles. The van der Waals surface area contributed by atoms with Gasteiger partial charge in [-0.3, -0.25) is 14.9 Å². The standard InChI is InChI=1S/C25H23NO7/c1-16-12-20(7-8-21(16)26(29)30)33-15-19-13-17(5-11-24(19)31-2)4-9-22(27)18-6-10-23(28)25(14-18)32-3/h4-14,28H,15H2,1-3H3/b9-4+. The third kappa shape index (κ3) is 5.68. The zero-order valence-corrected chi connectivity index (χ0v) is 18.4. The lowest BCUT2D eigenvalue weighted by Crippen LogP contribution is -2.00. The summed E-state index contributed by atoms with van der Waals surface area (Å²) in [7, 11) is 2.96. The van der Waals surface area contributed by atoms with Crippen LogP contribution in [-0.2, 0) is 6.61 Å². The SMILES string of the molecule is COc1cc(C(=O)/C=C/c2ccc(OC)c(COc3ccc([N+](=O)[O-])c(C)c3)c2)ccc1O. The summed E-state index contributed by atoms with van der Waals surface area (Å²) in [5, 5.41) is 20.7. The van der Waals surface area contributed by atoms with Gasteiger partial charge in [-0.05, 0) is 61.0 Å². The van der Waals surface area contributed by atoms with Crippen molar-refractivity contribution in [1.29, 1.82) is 0 Å². The minimum absolute atomic E-state index is 0.0305. The molecule has 0 atom stereocenters. The van der Waals surface area contributed by atoms with Crippen molar-refractivity contribution in [2.75, 3.05) is 14.2 Å². The van der Waals surface area contributed by atoms with Crippen LogP contribution in [0.4, 0.5) is 5.69 Å². The lowest BCUT2D eigenvalue weighted by atomic mass is 10.1. The number of allylic oxidation sites excluding steroid dienone is 1. The third-order valence-corrected chi connectivity index (χ3v) is 4.96. The van der Waals surface area contributed by atoms with Crippen molar-refractivity contribution in [2.24, 2.45) is 0 Å². The summed E-state index contributed by atoms with van der Waals surface area (Å²) in [6, 6.07) is 14.4. The molecule has 0 radical (unpaired) electrons. The van der Waals surface area contributed by atoms with E-state index in [0.29, 0.717) is 22.6 Å². The van der Waals surface area contributed by atoms with Crippen LogP contribution in [0.15, 0.2) is 60.7 Å². The van der Waals surface area contributed by atoms with Crippen molar-refractivity contribution in [3.8, 4) is 23.0 Å². The molecule has 33 heavy (non-hydrogen) atoms. The molecule has 0 unspecified atom stereocenters. The molecule has 0 aliphatic heterocycles. The van der Waals surface area contributed by atoms with Gasteiger partial charge in [0.25, 0.3) is 5.69 Å². The van der Waals surface area contributed by atoms with E-state index in [9.17, 15) is 20.0 Å². The zero-order valence-electron chi connectivity index (χ0n) is 18.4. The summed E-state index contributed by atoms with van der Waals surface area (Å²) in [6.45, 7) is 1.82. The highest BCUT2D eigenvalue weighted by Crippen LogP contribution is 2.28. The summed E-state index contributed by atoms with van der Waals surface area (Å²) in [4.78, 5) is 23.0. The van der Waals surface area contributed by atoms with E-state index >= 15 is 0 Å². The molecule has 8 heteroatoms. The zero-order chi connectivity index (χ0) is 24.0. The van der Waals surface area contributed by atoms with Gasteiger partial charge in [-0.15, -0.1) is 0 Å². The topological polar surface area (TPSA) is 108 Å². The van der Waals surface area contributed by atoms with Crippen LogP contribution in [0.5, 0.6) is 23.0 Å². The number of rotatable bonds is 9. The fourth-order valence-corrected chi connectivity index (χ4v) is 3.20. The minimum Gasteiger partial charge on any atom is -0.504 e. The number of aromatic hydroxyl groups is 1. The van der Waals surface area contributed by atoms with E-state index in [1.165, 1.54) is 37.5 Å². The number of nitro groups is 1. The third-order valence-electron chi connectivity index (χ3n) is 4.96. The predicted molar refractivity (Wildman–Crippen MR) is 123 cm³/mol. The van der Waals surface area contributed by atoms with Gasteiger partial charge >= 0.3 is 0 Å². The molecule has 170 valence electrons. The molecule has 3 aromatic rings. The van der Waals surface area contributed by atoms with Crippen LogP contribution in [-0.4, -0.2) is 30.0 Å². The van der Waals surface area contributed by atoms with Gasteiger partial charge in [-0.25, -0.2) is 0 Å². The van der Waals surface area contributed by atoms with Crippen LogP contribution in [0.3, 0.4) is 0 Å². The Bertz CT molecular complexity index is 1220. The lowest BCUT2D eigenvalue weighted by Gasteiger charge is -2.12. The average Bonchev–Trinajstić information content (AvgIpc) is 2.81. The van der Waals surface area contributed by atoms with E-state index in [2.05, 4.69) is 0 Å². The van der Waals surface area contributed by atoms with Crippen molar-refractivity contribution in [3.05, 3.63) is 93.0 Å². The Hall–Kier alpha value is -4.33. The molecule has 0 saturated carbocycles. The quantitative estimate of drug-likeness (QED) is 0.209. The van der Waals surface area contributed by atoms with Crippen molar-refractivity contribution >= 4 is 17.5 Å². The number of carbonyl (C=O) groups excluding carboxylic acids is 1. The Morgan fingerprint density at radius 3 is 2.45 bits per heavy atom. The van der Waals surface area contributed by atoms with Crippen LogP contribution >= 0.6 is 0 Å². The smallest absolute Gasteiger partial charge is 0.272 e. The van der Waals surface area contributed by atoms with E-state index < -0.39 is 4.92 Å². The molecule has 0 bridgehead atoms. The molecule has 0 amide bonds. The maximum absolute atomic E-state index is 12.5. The molecule has 0 aromatic heterocycles. The van der Waals surface area contributed by atoms with Crippen LogP contribution in [0.2, 0.25) is 0 Å². The Labute approximate surface area is 190 Å². The molecule has 3 rings (SSSR count). The molecule has 1 N–H and O–H groups in total. The van der Waals surface area contributed by atoms with Gasteiger partial charge in [-0.1, -0.05) is 12.1 Å². The van der Waals surface area contributed by atoms with Gasteiger partial charge < -0.3 is 19.3 Å². The maximum atomic E-state index is 12.5. The first-order chi connectivity index (χ1) is 15.8. The van der Waals surface area contributed by atoms with E-state index in [4.69, 9.17) is 14.2 Å². The number of ether oxygens (including phenoxy) is 3. The van der Waals surface area contributed by atoms with Gasteiger partial charge in [0.05, 0.1) is 19.1 Å². The second-order valence-corrected chi connectivity index (χ2v) is 7.15. The van der Waals surface area contributed by atoms with Crippen LogP contribution in [0.25, 0.3) is 6.08 Å². The summed E-state index contributed by atoms with van der Waals surface area (Å²) in [6.07, 6.45) is 3.10. The number of methoxy groups -OCH3 is 2. The number of hydrogen-bond acceptors (Lipinski definition) is 7. The molecular formula is C25H23NO7. The molecule has 0 spiro atoms. The number of ketones is 1. The van der Waals surface area contributed by atoms with Crippen molar-refractivity contribution < 1.29 is 29.0 Å². The average molecular weight is 449 g/mol. The highest BCUT2D eigenvalue weighted by molar-refractivity contribution is 6.07. The normalized spacial score (nSPS) is 10.8. The van der Waals surface area contributed by atoms with E-state index in [-0.39, 0.29) is 29.6 Å². The largest absolute Gasteiger partial charge is 0.504 e. The number of nitrogens with zero attached hydrogens (tertiary/aromatic N) is 1. The van der Waals surface area contributed by atoms with Gasteiger partial charge in [0.2, 0.25) is 0 Å². The lowest BCUT2D eigenvalue weighted by molar-refractivity contribution is -0.385. The Morgan fingerprint density at radius 2 is 1.79 bits per heavy atom. The minimum atomic E-state index is -0.437. The second-order valence-electron chi connectivity index (χ2n) is 7.15. The van der Waals surface area contributed by atoms with Crippen molar-refractivity contribution in [2.45, 2.75) is 13.5 Å². The summed E-state index contributed by atoms with van der Waals surface area (Å²) in [5.74, 6) is 1.04. The number of nitro benzene ring substituents is 1. The predicted octanol–water partition coefficient (Wildman–Crippen LogP) is 5.10. The number of carbonyl (C=O) groups is 1. The fourth-order valence-electron chi connectivity index (χ4n) is 3.20. The van der Waals surface area contributed by atoms with Crippen molar-refractivity contribution in [1.82, 2.24) is 0 Å². The number of aryl methyl sites for hydroxylation is 1. The molecule has 0 aliphatic rings. The van der Waals surface area contributed by atoms with E-state index in [1.54, 1.807) is 44.4 Å². The van der Waals surface area contributed by atoms with Gasteiger partial charge in [0, 0.05) is 22.8 Å². The number of phenolic OH excluding ortho intramolecular Hbond substituents is 1. The summed E-state index contributed by atoms with van der Waals surface area (Å²) < 4.78 is 16.2. The van der Waals surface area contributed by atoms with Crippen molar-refractivity contribution in [3.63, 3.8) is 0 Å². The molecule has 3 aromatic carbocycles. The van der Waals surface area contributed by atoms with Gasteiger partial charge in [-0.2, -0.15) is 0 Å². The Morgan fingerprint density at radius 1 is 1.03 bits per heavy atom. The molecule has 0 fully saturated rings.